The van der Waals surface area contributed by atoms with Gasteiger partial charge in [-0.2, -0.15) is 24.5 Å². The fourth-order valence-electron chi connectivity index (χ4n) is 1.63. The van der Waals surface area contributed by atoms with E-state index < -0.39 is 17.5 Å². The molecule has 0 aliphatic carbocycles. The van der Waals surface area contributed by atoms with Crippen molar-refractivity contribution in [2.75, 3.05) is 0 Å². The molecule has 0 radical (unpaired) electrons. The van der Waals surface area contributed by atoms with Crippen molar-refractivity contribution in [1.29, 1.82) is 0 Å². The summed E-state index contributed by atoms with van der Waals surface area (Å²) in [6, 6.07) is 4.74. The van der Waals surface area contributed by atoms with Crippen molar-refractivity contribution in [1.82, 2.24) is 0 Å². The molecule has 100 valence electrons. The van der Waals surface area contributed by atoms with Crippen LogP contribution in [-0.2, 0) is 6.18 Å². The van der Waals surface area contributed by atoms with Crippen LogP contribution >= 0.6 is 27.3 Å². The van der Waals surface area contributed by atoms with E-state index in [1.165, 1.54) is 11.4 Å². The van der Waals surface area contributed by atoms with Crippen molar-refractivity contribution in [3.8, 4) is 0 Å². The van der Waals surface area contributed by atoms with Gasteiger partial charge in [0.25, 0.3) is 0 Å². The number of ketones is 1. The van der Waals surface area contributed by atoms with Crippen LogP contribution in [0, 0.1) is 6.92 Å². The first-order valence-corrected chi connectivity index (χ1v) is 6.98. The molecular formula is C13H8BrF3OS. The molecule has 0 saturated carbocycles. The molecule has 0 spiro atoms. The van der Waals surface area contributed by atoms with E-state index in [-0.39, 0.29) is 11.1 Å². The van der Waals surface area contributed by atoms with E-state index in [0.717, 1.165) is 26.8 Å². The molecule has 0 amide bonds. The lowest BCUT2D eigenvalue weighted by Gasteiger charge is -2.08. The zero-order valence-electron chi connectivity index (χ0n) is 9.72. The number of hydrogen-bond donors (Lipinski definition) is 0. The average Bonchev–Trinajstić information content (AvgIpc) is 2.80. The van der Waals surface area contributed by atoms with Crippen LogP contribution in [0.2, 0.25) is 0 Å². The minimum atomic E-state index is -4.50. The highest BCUT2D eigenvalue weighted by Crippen LogP contribution is 2.35. The average molecular weight is 349 g/mol. The van der Waals surface area contributed by atoms with Crippen molar-refractivity contribution < 1.29 is 18.0 Å². The van der Waals surface area contributed by atoms with E-state index in [1.807, 2.05) is 0 Å². The van der Waals surface area contributed by atoms with Gasteiger partial charge >= 0.3 is 6.18 Å². The summed E-state index contributed by atoms with van der Waals surface area (Å²) in [6.07, 6.45) is -4.50. The van der Waals surface area contributed by atoms with Crippen molar-refractivity contribution in [3.63, 3.8) is 0 Å². The van der Waals surface area contributed by atoms with Gasteiger partial charge in [0.1, 0.15) is 0 Å². The lowest BCUT2D eigenvalue weighted by Crippen LogP contribution is -2.11. The molecule has 1 nitrogen and oxygen atoms in total. The summed E-state index contributed by atoms with van der Waals surface area (Å²) >= 11 is 4.16. The van der Waals surface area contributed by atoms with Gasteiger partial charge in [-0.1, -0.05) is 15.9 Å². The van der Waals surface area contributed by atoms with Gasteiger partial charge < -0.3 is 0 Å². The molecule has 0 unspecified atom stereocenters. The Morgan fingerprint density at radius 3 is 2.53 bits per heavy atom. The molecule has 0 N–H and O–H groups in total. The van der Waals surface area contributed by atoms with Crippen LogP contribution in [0.1, 0.15) is 27.0 Å². The molecule has 1 heterocycles. The maximum atomic E-state index is 12.7. The molecule has 6 heteroatoms. The molecule has 0 atom stereocenters. The second-order valence-corrected chi connectivity index (χ2v) is 5.59. The van der Waals surface area contributed by atoms with Crippen LogP contribution in [-0.4, -0.2) is 5.78 Å². The minimum Gasteiger partial charge on any atom is -0.289 e. The summed E-state index contributed by atoms with van der Waals surface area (Å²) in [7, 11) is 0. The number of carbonyl (C=O) groups excluding carboxylic acids is 1. The molecule has 0 saturated heterocycles. The van der Waals surface area contributed by atoms with Gasteiger partial charge in [0.15, 0.2) is 5.78 Å². The van der Waals surface area contributed by atoms with Crippen LogP contribution in [0.4, 0.5) is 13.2 Å². The Hall–Kier alpha value is -1.14. The Balaban J connectivity index is 2.45. The van der Waals surface area contributed by atoms with Crippen LogP contribution in [0.25, 0.3) is 0 Å². The number of aryl methyl sites for hydroxylation is 1. The highest BCUT2D eigenvalue weighted by atomic mass is 79.9. The van der Waals surface area contributed by atoms with Crippen molar-refractivity contribution in [3.05, 3.63) is 55.7 Å². The predicted molar refractivity (Wildman–Crippen MR) is 71.6 cm³/mol. The second-order valence-electron chi connectivity index (χ2n) is 3.99. The standard InChI is InChI=1S/C13H8BrF3OS/c1-7-4-8(2-3-11(7)14)12(18)9-5-19-6-10(9)13(15,16)17/h2-6H,1H3. The fraction of sp³-hybridized carbons (Fsp3) is 0.154. The zero-order valence-corrected chi connectivity index (χ0v) is 12.1. The van der Waals surface area contributed by atoms with Gasteiger partial charge in [-0.05, 0) is 30.7 Å². The van der Waals surface area contributed by atoms with Crippen LogP contribution < -0.4 is 0 Å². The first kappa shape index (κ1) is 14.3. The SMILES string of the molecule is Cc1cc(C(=O)c2cscc2C(F)(F)F)ccc1Br. The van der Waals surface area contributed by atoms with E-state index in [9.17, 15) is 18.0 Å². The monoisotopic (exact) mass is 348 g/mol. The van der Waals surface area contributed by atoms with Crippen molar-refractivity contribution >= 4 is 33.0 Å². The molecule has 0 aliphatic heterocycles. The fourth-order valence-corrected chi connectivity index (χ4v) is 2.72. The van der Waals surface area contributed by atoms with Gasteiger partial charge in [0, 0.05) is 26.4 Å². The Morgan fingerprint density at radius 1 is 1.26 bits per heavy atom. The summed E-state index contributed by atoms with van der Waals surface area (Å²) in [4.78, 5) is 12.1. The van der Waals surface area contributed by atoms with Crippen molar-refractivity contribution in [2.45, 2.75) is 13.1 Å². The van der Waals surface area contributed by atoms with Gasteiger partial charge in [-0.25, -0.2) is 0 Å². The first-order valence-electron chi connectivity index (χ1n) is 5.25. The van der Waals surface area contributed by atoms with E-state index in [2.05, 4.69) is 15.9 Å². The second kappa shape index (κ2) is 5.09. The smallest absolute Gasteiger partial charge is 0.289 e. The molecule has 0 aliphatic rings. The number of hydrogen-bond acceptors (Lipinski definition) is 2. The third kappa shape index (κ3) is 2.90. The molecular weight excluding hydrogens is 341 g/mol. The lowest BCUT2D eigenvalue weighted by atomic mass is 10.0. The highest BCUT2D eigenvalue weighted by Gasteiger charge is 2.36. The molecule has 0 fully saturated rings. The van der Waals surface area contributed by atoms with Crippen molar-refractivity contribution in [2.24, 2.45) is 0 Å². The lowest BCUT2D eigenvalue weighted by molar-refractivity contribution is -0.137. The topological polar surface area (TPSA) is 17.1 Å². The number of halogens is 4. The Labute approximate surface area is 120 Å². The zero-order chi connectivity index (χ0) is 14.2. The van der Waals surface area contributed by atoms with Crippen LogP contribution in [0.15, 0.2) is 33.4 Å². The largest absolute Gasteiger partial charge is 0.417 e. The van der Waals surface area contributed by atoms with Gasteiger partial charge in [-0.3, -0.25) is 4.79 Å². The van der Waals surface area contributed by atoms with E-state index in [0.29, 0.717) is 0 Å². The molecule has 1 aromatic carbocycles. The van der Waals surface area contributed by atoms with E-state index >= 15 is 0 Å². The predicted octanol–water partition coefficient (Wildman–Crippen LogP) is 5.07. The van der Waals surface area contributed by atoms with Gasteiger partial charge in [0.2, 0.25) is 0 Å². The van der Waals surface area contributed by atoms with Gasteiger partial charge in [-0.15, -0.1) is 0 Å². The number of alkyl halides is 3. The third-order valence-electron chi connectivity index (χ3n) is 2.63. The van der Waals surface area contributed by atoms with Gasteiger partial charge in [0.05, 0.1) is 5.56 Å². The van der Waals surface area contributed by atoms with E-state index in [4.69, 9.17) is 0 Å². The van der Waals surface area contributed by atoms with E-state index in [1.54, 1.807) is 19.1 Å². The summed E-state index contributed by atoms with van der Waals surface area (Å²) in [5.74, 6) is -0.607. The summed E-state index contributed by atoms with van der Waals surface area (Å²) in [5, 5.41) is 2.20. The molecule has 0 bridgehead atoms. The number of benzene rings is 1. The number of rotatable bonds is 2. The summed E-state index contributed by atoms with van der Waals surface area (Å²) in [6.45, 7) is 1.78. The number of thiophene rings is 1. The first-order chi connectivity index (χ1) is 8.80. The number of carbonyl (C=O) groups is 1. The summed E-state index contributed by atoms with van der Waals surface area (Å²) in [5.41, 5.74) is -0.110. The Bertz CT molecular complexity index is 631. The normalized spacial score (nSPS) is 11.6. The molecule has 2 rings (SSSR count). The minimum absolute atomic E-state index is 0.254. The van der Waals surface area contributed by atoms with Crippen LogP contribution in [0.3, 0.4) is 0 Å². The Morgan fingerprint density at radius 2 is 1.95 bits per heavy atom. The maximum absolute atomic E-state index is 12.7. The molecule has 2 aromatic rings. The summed E-state index contributed by atoms with van der Waals surface area (Å²) < 4.78 is 39.1. The third-order valence-corrected chi connectivity index (χ3v) is 4.27. The quantitative estimate of drug-likeness (QED) is 0.692. The maximum Gasteiger partial charge on any atom is 0.417 e. The highest BCUT2D eigenvalue weighted by molar-refractivity contribution is 9.10. The molecule has 1 aromatic heterocycles. The Kier molecular flexibility index (Phi) is 3.82. The van der Waals surface area contributed by atoms with Crippen LogP contribution in [0.5, 0.6) is 0 Å². The molecule has 19 heavy (non-hydrogen) atoms.